The van der Waals surface area contributed by atoms with Crippen LogP contribution in [0.1, 0.15) is 32.6 Å². The van der Waals surface area contributed by atoms with Crippen LogP contribution in [0.3, 0.4) is 0 Å². The number of carbonyl (C=O) groups is 1. The zero-order valence-electron chi connectivity index (χ0n) is 6.97. The van der Waals surface area contributed by atoms with Gasteiger partial charge in [0.25, 0.3) is 0 Å². The molecular weight excluding hydrogens is 138 g/mol. The monoisotopic (exact) mass is 153 g/mol. The minimum absolute atomic E-state index is 0.0238. The maximum absolute atomic E-state index is 11.0. The Labute approximate surface area is 67.1 Å². The van der Waals surface area contributed by atoms with Gasteiger partial charge in [-0.05, 0) is 31.6 Å². The Kier molecular flexibility index (Phi) is 1.37. The summed E-state index contributed by atoms with van der Waals surface area (Å²) in [5.74, 6) is 1.70. The molecule has 2 aliphatic rings. The third kappa shape index (κ3) is 1.20. The van der Waals surface area contributed by atoms with Gasteiger partial charge in [0.05, 0.1) is 0 Å². The van der Waals surface area contributed by atoms with Gasteiger partial charge in [0.1, 0.15) is 5.78 Å². The maximum atomic E-state index is 11.0. The molecule has 0 saturated heterocycles. The molecule has 2 aliphatic carbocycles. The summed E-state index contributed by atoms with van der Waals surface area (Å²) in [4.78, 5) is 11.0. The highest BCUT2D eigenvalue weighted by Crippen LogP contribution is 2.45. The molecule has 2 heteroatoms. The zero-order valence-corrected chi connectivity index (χ0v) is 6.97. The van der Waals surface area contributed by atoms with Crippen molar-refractivity contribution in [3.05, 3.63) is 0 Å². The Morgan fingerprint density at radius 1 is 1.36 bits per heavy atom. The summed E-state index contributed by atoms with van der Waals surface area (Å²) < 4.78 is 0. The first-order valence-electron chi connectivity index (χ1n) is 4.37. The van der Waals surface area contributed by atoms with Gasteiger partial charge in [0, 0.05) is 18.4 Å². The first-order valence-corrected chi connectivity index (χ1v) is 4.37. The highest BCUT2D eigenvalue weighted by Gasteiger charge is 2.44. The molecule has 2 saturated carbocycles. The van der Waals surface area contributed by atoms with Crippen LogP contribution in [-0.4, -0.2) is 11.3 Å². The van der Waals surface area contributed by atoms with E-state index in [1.165, 1.54) is 0 Å². The number of Topliss-reactive ketones (excluding diaryl/α,β-unsaturated/α-hetero) is 1. The van der Waals surface area contributed by atoms with Gasteiger partial charge in [0.15, 0.2) is 0 Å². The largest absolute Gasteiger partial charge is 0.325 e. The van der Waals surface area contributed by atoms with Crippen molar-refractivity contribution >= 4 is 5.78 Å². The van der Waals surface area contributed by atoms with Crippen LogP contribution in [0.15, 0.2) is 0 Å². The van der Waals surface area contributed by atoms with Gasteiger partial charge in [-0.15, -0.1) is 0 Å². The highest BCUT2D eigenvalue weighted by molar-refractivity contribution is 5.81. The standard InChI is InChI=1S/C9H15NO/c1-9(10)4-6-2-8(11)3-7(6)5-9/h6-7H,2-5,10H2,1H3/t6-,7+,9+. The number of fused-ring (bicyclic) bond motifs is 1. The van der Waals surface area contributed by atoms with Crippen molar-refractivity contribution < 1.29 is 4.79 Å². The second-order valence-corrected chi connectivity index (χ2v) is 4.53. The molecule has 11 heavy (non-hydrogen) atoms. The van der Waals surface area contributed by atoms with Crippen LogP contribution < -0.4 is 5.73 Å². The Morgan fingerprint density at radius 2 is 1.82 bits per heavy atom. The molecule has 0 bridgehead atoms. The highest BCUT2D eigenvalue weighted by atomic mass is 16.1. The van der Waals surface area contributed by atoms with E-state index in [9.17, 15) is 4.79 Å². The van der Waals surface area contributed by atoms with Crippen molar-refractivity contribution in [3.8, 4) is 0 Å². The second-order valence-electron chi connectivity index (χ2n) is 4.53. The lowest BCUT2D eigenvalue weighted by Gasteiger charge is -2.17. The molecule has 2 nitrogen and oxygen atoms in total. The lowest BCUT2D eigenvalue weighted by Crippen LogP contribution is -2.33. The van der Waals surface area contributed by atoms with Gasteiger partial charge in [-0.3, -0.25) is 4.79 Å². The predicted molar refractivity (Wildman–Crippen MR) is 43.0 cm³/mol. The first-order chi connectivity index (χ1) is 5.07. The van der Waals surface area contributed by atoms with Crippen molar-refractivity contribution in [1.29, 1.82) is 0 Å². The molecule has 0 radical (unpaired) electrons. The van der Waals surface area contributed by atoms with Crippen molar-refractivity contribution in [2.24, 2.45) is 17.6 Å². The van der Waals surface area contributed by atoms with Crippen LogP contribution in [0.2, 0.25) is 0 Å². The average molecular weight is 153 g/mol. The van der Waals surface area contributed by atoms with Crippen LogP contribution in [0.5, 0.6) is 0 Å². The van der Waals surface area contributed by atoms with Crippen molar-refractivity contribution in [3.63, 3.8) is 0 Å². The van der Waals surface area contributed by atoms with Crippen molar-refractivity contribution in [1.82, 2.24) is 0 Å². The van der Waals surface area contributed by atoms with Gasteiger partial charge < -0.3 is 5.73 Å². The van der Waals surface area contributed by atoms with E-state index in [0.29, 0.717) is 17.6 Å². The fraction of sp³-hybridized carbons (Fsp3) is 0.889. The van der Waals surface area contributed by atoms with E-state index in [4.69, 9.17) is 5.73 Å². The summed E-state index contributed by atoms with van der Waals surface area (Å²) in [6.45, 7) is 2.11. The van der Waals surface area contributed by atoms with Crippen LogP contribution in [0, 0.1) is 11.8 Å². The van der Waals surface area contributed by atoms with E-state index >= 15 is 0 Å². The lowest BCUT2D eigenvalue weighted by atomic mass is 9.98. The molecule has 62 valence electrons. The van der Waals surface area contributed by atoms with Crippen molar-refractivity contribution in [2.45, 2.75) is 38.1 Å². The van der Waals surface area contributed by atoms with Crippen molar-refractivity contribution in [2.75, 3.05) is 0 Å². The Hall–Kier alpha value is -0.370. The molecule has 0 aromatic heterocycles. The van der Waals surface area contributed by atoms with E-state index in [1.54, 1.807) is 0 Å². The van der Waals surface area contributed by atoms with Crippen LogP contribution in [0.4, 0.5) is 0 Å². The van der Waals surface area contributed by atoms with E-state index in [1.807, 2.05) is 0 Å². The summed E-state index contributed by atoms with van der Waals surface area (Å²) in [5.41, 5.74) is 6.03. The molecular formula is C9H15NO. The normalized spacial score (nSPS) is 49.8. The Morgan fingerprint density at radius 3 is 2.27 bits per heavy atom. The molecule has 0 aromatic rings. The van der Waals surface area contributed by atoms with E-state index < -0.39 is 0 Å². The number of hydrogen-bond acceptors (Lipinski definition) is 2. The average Bonchev–Trinajstić information content (AvgIpc) is 2.17. The Bertz CT molecular complexity index is 180. The third-order valence-corrected chi connectivity index (χ3v) is 3.10. The molecule has 0 heterocycles. The number of nitrogens with two attached hydrogens (primary N) is 1. The predicted octanol–water partition coefficient (Wildman–Crippen LogP) is 1.09. The molecule has 0 aromatic carbocycles. The van der Waals surface area contributed by atoms with Gasteiger partial charge in [-0.1, -0.05) is 0 Å². The smallest absolute Gasteiger partial charge is 0.133 e. The maximum Gasteiger partial charge on any atom is 0.133 e. The number of rotatable bonds is 0. The summed E-state index contributed by atoms with van der Waals surface area (Å²) in [6, 6.07) is 0. The number of hydrogen-bond donors (Lipinski definition) is 1. The van der Waals surface area contributed by atoms with Gasteiger partial charge >= 0.3 is 0 Å². The number of carbonyl (C=O) groups excluding carboxylic acids is 1. The van der Waals surface area contributed by atoms with E-state index in [2.05, 4.69) is 6.92 Å². The summed E-state index contributed by atoms with van der Waals surface area (Å²) in [5, 5.41) is 0. The molecule has 3 atom stereocenters. The van der Waals surface area contributed by atoms with Crippen LogP contribution >= 0.6 is 0 Å². The quantitative estimate of drug-likeness (QED) is 0.566. The van der Waals surface area contributed by atoms with Crippen LogP contribution in [0.25, 0.3) is 0 Å². The van der Waals surface area contributed by atoms with E-state index in [-0.39, 0.29) is 5.54 Å². The summed E-state index contributed by atoms with van der Waals surface area (Å²) in [6.07, 6.45) is 3.72. The van der Waals surface area contributed by atoms with E-state index in [0.717, 1.165) is 25.7 Å². The fourth-order valence-electron chi connectivity index (χ4n) is 2.76. The topological polar surface area (TPSA) is 43.1 Å². The molecule has 0 aliphatic heterocycles. The fourth-order valence-corrected chi connectivity index (χ4v) is 2.76. The minimum Gasteiger partial charge on any atom is -0.325 e. The van der Waals surface area contributed by atoms with Crippen LogP contribution in [-0.2, 0) is 4.79 Å². The lowest BCUT2D eigenvalue weighted by molar-refractivity contribution is -0.117. The molecule has 2 N–H and O–H groups in total. The van der Waals surface area contributed by atoms with Gasteiger partial charge in [0.2, 0.25) is 0 Å². The second kappa shape index (κ2) is 2.07. The molecule has 0 spiro atoms. The minimum atomic E-state index is 0.0238. The summed E-state index contributed by atoms with van der Waals surface area (Å²) in [7, 11) is 0. The van der Waals surface area contributed by atoms with Gasteiger partial charge in [-0.2, -0.15) is 0 Å². The third-order valence-electron chi connectivity index (χ3n) is 3.10. The SMILES string of the molecule is C[C@]1(N)C[C@H]2CC(=O)C[C@H]2C1. The molecule has 2 rings (SSSR count). The van der Waals surface area contributed by atoms with Gasteiger partial charge in [-0.25, -0.2) is 0 Å². The number of ketones is 1. The zero-order chi connectivity index (χ0) is 8.06. The molecule has 0 amide bonds. The first kappa shape index (κ1) is 7.29. The molecule has 2 fully saturated rings. The Balaban J connectivity index is 2.09. The molecule has 0 unspecified atom stereocenters. The summed E-state index contributed by atoms with van der Waals surface area (Å²) >= 11 is 0.